The lowest BCUT2D eigenvalue weighted by molar-refractivity contribution is -0.118. The van der Waals surface area contributed by atoms with Crippen molar-refractivity contribution < 1.29 is 19.1 Å². The predicted molar refractivity (Wildman–Crippen MR) is 95.1 cm³/mol. The van der Waals surface area contributed by atoms with Crippen molar-refractivity contribution in [1.29, 1.82) is 0 Å². The summed E-state index contributed by atoms with van der Waals surface area (Å²) in [5.74, 6) is -1.72. The van der Waals surface area contributed by atoms with Crippen LogP contribution in [0.1, 0.15) is 31.2 Å². The van der Waals surface area contributed by atoms with Crippen LogP contribution in [0.3, 0.4) is 0 Å². The summed E-state index contributed by atoms with van der Waals surface area (Å²) in [5, 5.41) is 12.2. The average Bonchev–Trinajstić information content (AvgIpc) is 3.16. The second kappa shape index (κ2) is 6.80. The highest BCUT2D eigenvalue weighted by Gasteiger charge is 2.44. The zero-order valence-corrected chi connectivity index (χ0v) is 14.7. The van der Waals surface area contributed by atoms with Gasteiger partial charge in [0.25, 0.3) is 5.91 Å². The Labute approximate surface area is 149 Å². The molecule has 0 aliphatic carbocycles. The number of hydrogen-bond donors (Lipinski definition) is 1. The topological polar surface area (TPSA) is 57.6 Å². The van der Waals surface area contributed by atoms with Crippen LogP contribution in [-0.4, -0.2) is 16.8 Å². The first-order chi connectivity index (χ1) is 11.9. The van der Waals surface area contributed by atoms with E-state index in [4.69, 9.17) is 0 Å². The van der Waals surface area contributed by atoms with Gasteiger partial charge in [-0.3, -0.25) is 14.5 Å². The first-order valence-electron chi connectivity index (χ1n) is 7.99. The summed E-state index contributed by atoms with van der Waals surface area (Å²) >= 11 is 1.40. The molecule has 0 saturated heterocycles. The van der Waals surface area contributed by atoms with Gasteiger partial charge in [0.05, 0.1) is 5.57 Å². The molecule has 130 valence electrons. The Hall–Kier alpha value is -2.47. The Balaban J connectivity index is 2.09. The molecular weight excluding hydrogens is 341 g/mol. The smallest absolute Gasteiger partial charge is 0.294 e. The van der Waals surface area contributed by atoms with E-state index < -0.39 is 23.5 Å². The van der Waals surface area contributed by atoms with Crippen molar-refractivity contribution in [2.45, 2.75) is 26.3 Å². The van der Waals surface area contributed by atoms with Crippen LogP contribution in [0.2, 0.25) is 0 Å². The number of carbonyl (C=O) groups is 2. The summed E-state index contributed by atoms with van der Waals surface area (Å²) in [6.07, 6.45) is 0.242. The molecule has 1 amide bonds. The van der Waals surface area contributed by atoms with E-state index in [0.29, 0.717) is 5.69 Å². The summed E-state index contributed by atoms with van der Waals surface area (Å²) < 4.78 is 13.3. The zero-order chi connectivity index (χ0) is 18.1. The van der Waals surface area contributed by atoms with Crippen LogP contribution < -0.4 is 4.90 Å². The van der Waals surface area contributed by atoms with Crippen molar-refractivity contribution in [3.05, 3.63) is 63.8 Å². The highest BCUT2D eigenvalue weighted by Crippen LogP contribution is 2.43. The molecule has 4 nitrogen and oxygen atoms in total. The minimum Gasteiger partial charge on any atom is -0.503 e. The van der Waals surface area contributed by atoms with E-state index in [-0.39, 0.29) is 23.7 Å². The number of aliphatic hydroxyl groups excluding tert-OH is 1. The van der Waals surface area contributed by atoms with E-state index >= 15 is 0 Å². The van der Waals surface area contributed by atoms with E-state index in [1.165, 1.54) is 40.5 Å². The lowest BCUT2D eigenvalue weighted by Crippen LogP contribution is -2.30. The Kier molecular flexibility index (Phi) is 4.72. The number of rotatable bonds is 5. The molecule has 0 spiro atoms. The first-order valence-corrected chi connectivity index (χ1v) is 8.87. The van der Waals surface area contributed by atoms with Crippen LogP contribution in [0.15, 0.2) is 53.1 Å². The van der Waals surface area contributed by atoms with Gasteiger partial charge in [0.2, 0.25) is 0 Å². The van der Waals surface area contributed by atoms with Gasteiger partial charge in [-0.05, 0) is 41.6 Å². The molecule has 1 aliphatic rings. The van der Waals surface area contributed by atoms with Crippen LogP contribution >= 0.6 is 11.3 Å². The fourth-order valence-electron chi connectivity index (χ4n) is 2.95. The van der Waals surface area contributed by atoms with Gasteiger partial charge in [-0.1, -0.05) is 19.9 Å². The van der Waals surface area contributed by atoms with Crippen molar-refractivity contribution >= 4 is 28.7 Å². The van der Waals surface area contributed by atoms with E-state index in [1.54, 1.807) is 0 Å². The number of aliphatic hydroxyl groups is 1. The van der Waals surface area contributed by atoms with Gasteiger partial charge in [-0.2, -0.15) is 0 Å². The lowest BCUT2D eigenvalue weighted by Gasteiger charge is -2.26. The third-order valence-electron chi connectivity index (χ3n) is 4.02. The minimum atomic E-state index is -0.691. The highest BCUT2D eigenvalue weighted by molar-refractivity contribution is 7.10. The van der Waals surface area contributed by atoms with E-state index in [9.17, 15) is 19.1 Å². The second-order valence-corrected chi connectivity index (χ2v) is 7.33. The van der Waals surface area contributed by atoms with E-state index in [2.05, 4.69) is 0 Å². The molecule has 0 bridgehead atoms. The molecule has 1 aliphatic heterocycles. The molecule has 3 rings (SSSR count). The largest absolute Gasteiger partial charge is 0.503 e. The highest BCUT2D eigenvalue weighted by atomic mass is 32.1. The molecule has 1 N–H and O–H groups in total. The molecule has 0 fully saturated rings. The number of nitrogens with zero attached hydrogens (tertiary/aromatic N) is 1. The molecule has 1 aromatic heterocycles. The van der Waals surface area contributed by atoms with Crippen LogP contribution in [-0.2, 0) is 9.59 Å². The normalized spacial score (nSPS) is 17.7. The standard InChI is InChI=1S/C19H18FNO3S/c1-11(2)10-14(22)16-17(15-4-3-9-25-15)21(19(24)18(16)23)13-7-5-12(20)6-8-13/h3-9,11,17,23H,10H2,1-2H3. The average molecular weight is 359 g/mol. The van der Waals surface area contributed by atoms with Crippen molar-refractivity contribution in [2.24, 2.45) is 5.92 Å². The van der Waals surface area contributed by atoms with Gasteiger partial charge in [-0.25, -0.2) is 4.39 Å². The van der Waals surface area contributed by atoms with Crippen molar-refractivity contribution in [3.8, 4) is 0 Å². The molecule has 1 aromatic carbocycles. The number of benzene rings is 1. The van der Waals surface area contributed by atoms with Crippen LogP contribution in [0.5, 0.6) is 0 Å². The van der Waals surface area contributed by atoms with Crippen LogP contribution in [0, 0.1) is 11.7 Å². The maximum Gasteiger partial charge on any atom is 0.294 e. The van der Waals surface area contributed by atoms with Gasteiger partial charge in [-0.15, -0.1) is 11.3 Å². The number of ketones is 1. The number of Topliss-reactive ketones (excluding diaryl/α,β-unsaturated/α-hetero) is 1. The van der Waals surface area contributed by atoms with Crippen LogP contribution in [0.4, 0.5) is 10.1 Å². The lowest BCUT2D eigenvalue weighted by atomic mass is 9.95. The third kappa shape index (κ3) is 3.22. The van der Waals surface area contributed by atoms with Gasteiger partial charge in [0.15, 0.2) is 11.5 Å². The SMILES string of the molecule is CC(C)CC(=O)C1=C(O)C(=O)N(c2ccc(F)cc2)C1c1cccs1. The van der Waals surface area contributed by atoms with Crippen molar-refractivity contribution in [1.82, 2.24) is 0 Å². The maximum atomic E-state index is 13.3. The molecule has 1 unspecified atom stereocenters. The number of hydrogen-bond acceptors (Lipinski definition) is 4. The van der Waals surface area contributed by atoms with Gasteiger partial charge in [0.1, 0.15) is 11.9 Å². The Morgan fingerprint density at radius 3 is 2.52 bits per heavy atom. The third-order valence-corrected chi connectivity index (χ3v) is 4.94. The Bertz CT molecular complexity index is 825. The molecular formula is C19H18FNO3S. The summed E-state index contributed by atoms with van der Waals surface area (Å²) in [4.78, 5) is 27.5. The van der Waals surface area contributed by atoms with Gasteiger partial charge >= 0.3 is 0 Å². The number of thiophene rings is 1. The second-order valence-electron chi connectivity index (χ2n) is 6.35. The molecule has 0 radical (unpaired) electrons. The number of anilines is 1. The maximum absolute atomic E-state index is 13.3. The number of halogens is 1. The van der Waals surface area contributed by atoms with E-state index in [1.807, 2.05) is 31.4 Å². The quantitative estimate of drug-likeness (QED) is 0.861. The molecule has 0 saturated carbocycles. The summed E-state index contributed by atoms with van der Waals surface area (Å²) in [6, 6.07) is 8.39. The number of carbonyl (C=O) groups excluding carboxylic acids is 2. The van der Waals surface area contributed by atoms with Crippen LogP contribution in [0.25, 0.3) is 0 Å². The first kappa shape index (κ1) is 17.4. The van der Waals surface area contributed by atoms with Gasteiger partial charge < -0.3 is 5.11 Å². The summed E-state index contributed by atoms with van der Waals surface area (Å²) in [6.45, 7) is 3.81. The zero-order valence-electron chi connectivity index (χ0n) is 13.9. The predicted octanol–water partition coefficient (Wildman–Crippen LogP) is 4.40. The molecule has 6 heteroatoms. The number of amides is 1. The molecule has 25 heavy (non-hydrogen) atoms. The van der Waals surface area contributed by atoms with Crippen molar-refractivity contribution in [2.75, 3.05) is 4.90 Å². The molecule has 2 heterocycles. The fourth-order valence-corrected chi connectivity index (χ4v) is 3.78. The Morgan fingerprint density at radius 2 is 1.96 bits per heavy atom. The molecule has 2 aromatic rings. The van der Waals surface area contributed by atoms with Crippen molar-refractivity contribution in [3.63, 3.8) is 0 Å². The summed E-state index contributed by atoms with van der Waals surface area (Å²) in [7, 11) is 0. The van der Waals surface area contributed by atoms with Gasteiger partial charge in [0, 0.05) is 17.0 Å². The fraction of sp³-hybridized carbons (Fsp3) is 0.263. The van der Waals surface area contributed by atoms with E-state index in [0.717, 1.165) is 4.88 Å². The summed E-state index contributed by atoms with van der Waals surface area (Å²) in [5.41, 5.74) is 0.550. The monoisotopic (exact) mass is 359 g/mol. The minimum absolute atomic E-state index is 0.103. The molecule has 1 atom stereocenters. The Morgan fingerprint density at radius 1 is 1.28 bits per heavy atom.